The number of hydrogen-bond acceptors (Lipinski definition) is 2. The molecule has 1 aliphatic rings. The maximum Gasteiger partial charge on any atom is 0.310 e. The van der Waals surface area contributed by atoms with Crippen molar-refractivity contribution in [1.29, 1.82) is 0 Å². The van der Waals surface area contributed by atoms with Crippen molar-refractivity contribution in [3.63, 3.8) is 0 Å². The Hall–Kier alpha value is -1.06. The van der Waals surface area contributed by atoms with E-state index in [9.17, 15) is 14.7 Å². The fraction of sp³-hybridized carbons (Fsp3) is 0.846. The summed E-state index contributed by atoms with van der Waals surface area (Å²) in [5, 5.41) is 12.2. The van der Waals surface area contributed by atoms with E-state index in [-0.39, 0.29) is 23.3 Å². The summed E-state index contributed by atoms with van der Waals surface area (Å²) >= 11 is 0. The Morgan fingerprint density at radius 2 is 2.00 bits per heavy atom. The summed E-state index contributed by atoms with van der Waals surface area (Å²) in [6.45, 7) is 9.63. The van der Waals surface area contributed by atoms with E-state index in [1.165, 1.54) is 0 Å². The highest BCUT2D eigenvalue weighted by Crippen LogP contribution is 2.58. The van der Waals surface area contributed by atoms with Gasteiger partial charge in [0.2, 0.25) is 5.91 Å². The van der Waals surface area contributed by atoms with E-state index in [0.29, 0.717) is 6.42 Å². The molecular weight excluding hydrogens is 218 g/mol. The van der Waals surface area contributed by atoms with Crippen molar-refractivity contribution in [3.8, 4) is 0 Å². The summed E-state index contributed by atoms with van der Waals surface area (Å²) in [7, 11) is 0. The number of amides is 1. The zero-order chi connectivity index (χ0) is 13.4. The van der Waals surface area contributed by atoms with Gasteiger partial charge in [-0.1, -0.05) is 20.8 Å². The summed E-state index contributed by atoms with van der Waals surface area (Å²) in [4.78, 5) is 23.3. The Balaban J connectivity index is 2.73. The minimum Gasteiger partial charge on any atom is -0.481 e. The van der Waals surface area contributed by atoms with Crippen LogP contribution in [0.2, 0.25) is 0 Å². The number of carboxylic acids is 1. The molecule has 1 fully saturated rings. The minimum absolute atomic E-state index is 0.0134. The van der Waals surface area contributed by atoms with E-state index < -0.39 is 11.4 Å². The van der Waals surface area contributed by atoms with E-state index in [1.54, 1.807) is 0 Å². The van der Waals surface area contributed by atoms with Gasteiger partial charge >= 0.3 is 5.97 Å². The van der Waals surface area contributed by atoms with Gasteiger partial charge in [0.1, 0.15) is 0 Å². The SMILES string of the molecule is CCC(C)(C)NC(=O)C1CC1(C(=O)O)C(C)C. The van der Waals surface area contributed by atoms with Gasteiger partial charge in [-0.15, -0.1) is 0 Å². The summed E-state index contributed by atoms with van der Waals surface area (Å²) in [5.41, 5.74) is -1.10. The van der Waals surface area contributed by atoms with E-state index in [2.05, 4.69) is 5.32 Å². The minimum atomic E-state index is -0.845. The van der Waals surface area contributed by atoms with Crippen molar-refractivity contribution in [1.82, 2.24) is 5.32 Å². The van der Waals surface area contributed by atoms with Gasteiger partial charge in [-0.3, -0.25) is 9.59 Å². The third-order valence-corrected chi connectivity index (χ3v) is 4.09. The lowest BCUT2D eigenvalue weighted by atomic mass is 9.89. The van der Waals surface area contributed by atoms with Crippen LogP contribution < -0.4 is 5.32 Å². The number of carbonyl (C=O) groups is 2. The van der Waals surface area contributed by atoms with Crippen molar-refractivity contribution in [2.45, 2.75) is 53.0 Å². The van der Waals surface area contributed by atoms with Crippen LogP contribution in [-0.2, 0) is 9.59 Å². The van der Waals surface area contributed by atoms with E-state index in [1.807, 2.05) is 34.6 Å². The molecular formula is C13H23NO3. The molecule has 1 saturated carbocycles. The lowest BCUT2D eigenvalue weighted by Gasteiger charge is -2.25. The van der Waals surface area contributed by atoms with Crippen LogP contribution in [0.25, 0.3) is 0 Å². The molecule has 17 heavy (non-hydrogen) atoms. The van der Waals surface area contributed by atoms with E-state index in [4.69, 9.17) is 0 Å². The molecule has 0 aromatic heterocycles. The van der Waals surface area contributed by atoms with Gasteiger partial charge in [-0.25, -0.2) is 0 Å². The molecule has 1 aliphatic carbocycles. The van der Waals surface area contributed by atoms with Crippen LogP contribution in [0.1, 0.15) is 47.5 Å². The second kappa shape index (κ2) is 4.31. The number of carbonyl (C=O) groups excluding carboxylic acids is 1. The van der Waals surface area contributed by atoms with E-state index >= 15 is 0 Å². The van der Waals surface area contributed by atoms with Gasteiger partial charge in [-0.2, -0.15) is 0 Å². The topological polar surface area (TPSA) is 66.4 Å². The molecule has 0 saturated heterocycles. The van der Waals surface area contributed by atoms with Crippen molar-refractivity contribution < 1.29 is 14.7 Å². The molecule has 0 bridgehead atoms. The number of hydrogen-bond donors (Lipinski definition) is 2. The maximum atomic E-state index is 12.0. The van der Waals surface area contributed by atoms with Gasteiger partial charge in [0.25, 0.3) is 0 Å². The highest BCUT2D eigenvalue weighted by Gasteiger charge is 2.65. The van der Waals surface area contributed by atoms with Gasteiger partial charge in [0.15, 0.2) is 0 Å². The Kier molecular flexibility index (Phi) is 3.55. The Labute approximate surface area is 103 Å². The van der Waals surface area contributed by atoms with Crippen LogP contribution in [0.15, 0.2) is 0 Å². The predicted molar refractivity (Wildman–Crippen MR) is 65.5 cm³/mol. The number of aliphatic carboxylic acids is 1. The molecule has 0 radical (unpaired) electrons. The number of rotatable bonds is 5. The van der Waals surface area contributed by atoms with Crippen LogP contribution >= 0.6 is 0 Å². The second-order valence-electron chi connectivity index (χ2n) is 5.98. The zero-order valence-electron chi connectivity index (χ0n) is 11.3. The molecule has 1 rings (SSSR count). The first-order valence-electron chi connectivity index (χ1n) is 6.23. The highest BCUT2D eigenvalue weighted by atomic mass is 16.4. The normalized spacial score (nSPS) is 28.0. The molecule has 1 amide bonds. The largest absolute Gasteiger partial charge is 0.481 e. The lowest BCUT2D eigenvalue weighted by Crippen LogP contribution is -2.45. The Morgan fingerprint density at radius 1 is 1.47 bits per heavy atom. The molecule has 4 nitrogen and oxygen atoms in total. The first-order valence-corrected chi connectivity index (χ1v) is 6.23. The van der Waals surface area contributed by atoms with Crippen LogP contribution in [0.4, 0.5) is 0 Å². The summed E-state index contributed by atoms with van der Waals surface area (Å²) < 4.78 is 0. The molecule has 0 heterocycles. The van der Waals surface area contributed by atoms with E-state index in [0.717, 1.165) is 6.42 Å². The molecule has 0 spiro atoms. The smallest absolute Gasteiger partial charge is 0.310 e. The standard InChI is InChI=1S/C13H23NO3/c1-6-12(4,5)14-10(15)9-7-13(9,8(2)3)11(16)17/h8-9H,6-7H2,1-5H3,(H,14,15)(H,16,17). The fourth-order valence-corrected chi connectivity index (χ4v) is 2.24. The highest BCUT2D eigenvalue weighted by molar-refractivity contribution is 5.93. The van der Waals surface area contributed by atoms with Crippen LogP contribution in [0.5, 0.6) is 0 Å². The molecule has 4 heteroatoms. The summed E-state index contributed by atoms with van der Waals surface area (Å²) in [6.07, 6.45) is 1.29. The zero-order valence-corrected chi connectivity index (χ0v) is 11.3. The third kappa shape index (κ3) is 2.45. The molecule has 0 aromatic rings. The van der Waals surface area contributed by atoms with Gasteiger partial charge in [0, 0.05) is 5.54 Å². The van der Waals surface area contributed by atoms with Crippen LogP contribution in [0.3, 0.4) is 0 Å². The van der Waals surface area contributed by atoms with Gasteiger partial charge < -0.3 is 10.4 Å². The average Bonchev–Trinajstić information content (AvgIpc) is 2.93. The molecule has 2 atom stereocenters. The van der Waals surface area contributed by atoms with Crippen molar-refractivity contribution in [2.75, 3.05) is 0 Å². The quantitative estimate of drug-likeness (QED) is 0.774. The Bertz CT molecular complexity index is 336. The molecule has 2 N–H and O–H groups in total. The van der Waals surface area contributed by atoms with Crippen molar-refractivity contribution in [3.05, 3.63) is 0 Å². The van der Waals surface area contributed by atoms with Gasteiger partial charge in [-0.05, 0) is 32.6 Å². The van der Waals surface area contributed by atoms with Crippen molar-refractivity contribution >= 4 is 11.9 Å². The molecule has 0 aromatic carbocycles. The molecule has 2 unspecified atom stereocenters. The van der Waals surface area contributed by atoms with Crippen LogP contribution in [-0.4, -0.2) is 22.5 Å². The van der Waals surface area contributed by atoms with Crippen molar-refractivity contribution in [2.24, 2.45) is 17.3 Å². The fourth-order valence-electron chi connectivity index (χ4n) is 2.24. The third-order valence-electron chi connectivity index (χ3n) is 4.09. The second-order valence-corrected chi connectivity index (χ2v) is 5.98. The first-order chi connectivity index (χ1) is 7.67. The van der Waals surface area contributed by atoms with Crippen LogP contribution in [0, 0.1) is 17.3 Å². The molecule has 0 aliphatic heterocycles. The molecule has 98 valence electrons. The average molecular weight is 241 g/mol. The lowest BCUT2D eigenvalue weighted by molar-refractivity contribution is -0.147. The Morgan fingerprint density at radius 3 is 2.29 bits per heavy atom. The summed E-state index contributed by atoms with van der Waals surface area (Å²) in [5.74, 6) is -1.35. The monoisotopic (exact) mass is 241 g/mol. The number of nitrogens with one attached hydrogen (secondary N) is 1. The predicted octanol–water partition coefficient (Wildman–Crippen LogP) is 2.04. The summed E-state index contributed by atoms with van der Waals surface area (Å²) in [6, 6.07) is 0. The maximum absolute atomic E-state index is 12.0. The first kappa shape index (κ1) is 14.0. The van der Waals surface area contributed by atoms with Gasteiger partial charge in [0.05, 0.1) is 11.3 Å². The number of carboxylic acid groups (broad SMARTS) is 1.